The van der Waals surface area contributed by atoms with Gasteiger partial charge in [0.25, 0.3) is 0 Å². The van der Waals surface area contributed by atoms with Gasteiger partial charge in [0, 0.05) is 12.6 Å². The SMILES string of the molecule is Cc1noc([C@H](NC(=O)N[C@H]2CCO[C@H](C3CC3)C2)C(C)C)n1. The summed E-state index contributed by atoms with van der Waals surface area (Å²) >= 11 is 0. The fourth-order valence-corrected chi connectivity index (χ4v) is 3.08. The third kappa shape index (κ3) is 4.22. The minimum Gasteiger partial charge on any atom is -0.378 e. The van der Waals surface area contributed by atoms with E-state index in [0.717, 1.165) is 19.4 Å². The van der Waals surface area contributed by atoms with E-state index in [1.54, 1.807) is 6.92 Å². The molecule has 0 bridgehead atoms. The normalized spacial score (nSPS) is 26.1. The summed E-state index contributed by atoms with van der Waals surface area (Å²) in [7, 11) is 0. The van der Waals surface area contributed by atoms with Gasteiger partial charge in [0.2, 0.25) is 5.89 Å². The number of carbonyl (C=O) groups is 1. The molecule has 0 unspecified atom stereocenters. The molecule has 7 nitrogen and oxygen atoms in total. The number of rotatable bonds is 5. The minimum atomic E-state index is -0.282. The number of nitrogens with zero attached hydrogens (tertiary/aromatic N) is 2. The summed E-state index contributed by atoms with van der Waals surface area (Å²) in [5.74, 6) is 1.89. The lowest BCUT2D eigenvalue weighted by atomic mass is 10.00. The van der Waals surface area contributed by atoms with E-state index in [0.29, 0.717) is 23.7 Å². The van der Waals surface area contributed by atoms with Gasteiger partial charge in [-0.15, -0.1) is 0 Å². The number of nitrogens with one attached hydrogen (secondary N) is 2. The first-order valence-electron chi connectivity index (χ1n) is 8.51. The van der Waals surface area contributed by atoms with Crippen molar-refractivity contribution in [3.63, 3.8) is 0 Å². The molecule has 0 aromatic carbocycles. The highest BCUT2D eigenvalue weighted by Crippen LogP contribution is 2.38. The monoisotopic (exact) mass is 322 g/mol. The van der Waals surface area contributed by atoms with Gasteiger partial charge >= 0.3 is 6.03 Å². The third-order valence-corrected chi connectivity index (χ3v) is 4.56. The number of amides is 2. The molecule has 2 heterocycles. The second-order valence-corrected chi connectivity index (χ2v) is 6.99. The van der Waals surface area contributed by atoms with Crippen molar-refractivity contribution >= 4 is 6.03 Å². The summed E-state index contributed by atoms with van der Waals surface area (Å²) in [4.78, 5) is 16.6. The number of hydrogen-bond acceptors (Lipinski definition) is 5. The molecule has 3 rings (SSSR count). The smallest absolute Gasteiger partial charge is 0.315 e. The number of aromatic nitrogens is 2. The van der Waals surface area contributed by atoms with Crippen LogP contribution in [0.1, 0.15) is 57.3 Å². The molecule has 2 amide bonds. The molecule has 128 valence electrons. The van der Waals surface area contributed by atoms with Gasteiger partial charge in [0.15, 0.2) is 5.82 Å². The van der Waals surface area contributed by atoms with Crippen LogP contribution in [0.25, 0.3) is 0 Å². The average molecular weight is 322 g/mol. The molecule has 1 aliphatic heterocycles. The van der Waals surface area contributed by atoms with Crippen LogP contribution < -0.4 is 10.6 Å². The molecule has 0 spiro atoms. The quantitative estimate of drug-likeness (QED) is 0.868. The molecule has 3 atom stereocenters. The lowest BCUT2D eigenvalue weighted by molar-refractivity contribution is -0.00923. The van der Waals surface area contributed by atoms with Crippen molar-refractivity contribution in [3.8, 4) is 0 Å². The lowest BCUT2D eigenvalue weighted by Gasteiger charge is -2.31. The molecule has 1 saturated carbocycles. The van der Waals surface area contributed by atoms with Crippen LogP contribution in [-0.2, 0) is 4.74 Å². The Bertz CT molecular complexity index is 541. The van der Waals surface area contributed by atoms with Crippen LogP contribution in [0.4, 0.5) is 4.79 Å². The highest BCUT2D eigenvalue weighted by molar-refractivity contribution is 5.74. The zero-order valence-electron chi connectivity index (χ0n) is 14.0. The highest BCUT2D eigenvalue weighted by atomic mass is 16.5. The van der Waals surface area contributed by atoms with Gasteiger partial charge in [0.05, 0.1) is 6.10 Å². The van der Waals surface area contributed by atoms with Gasteiger partial charge in [-0.3, -0.25) is 0 Å². The molecule has 0 radical (unpaired) electrons. The van der Waals surface area contributed by atoms with Crippen molar-refractivity contribution in [1.82, 2.24) is 20.8 Å². The van der Waals surface area contributed by atoms with E-state index in [1.807, 2.05) is 13.8 Å². The number of hydrogen-bond donors (Lipinski definition) is 2. The van der Waals surface area contributed by atoms with Gasteiger partial charge < -0.3 is 19.9 Å². The zero-order chi connectivity index (χ0) is 16.4. The summed E-state index contributed by atoms with van der Waals surface area (Å²) in [5.41, 5.74) is 0. The van der Waals surface area contributed by atoms with Crippen LogP contribution in [0.15, 0.2) is 4.52 Å². The van der Waals surface area contributed by atoms with Crippen LogP contribution in [0.2, 0.25) is 0 Å². The van der Waals surface area contributed by atoms with Crippen molar-refractivity contribution in [2.24, 2.45) is 11.8 Å². The second kappa shape index (κ2) is 6.86. The molecule has 1 aromatic heterocycles. The van der Waals surface area contributed by atoms with E-state index in [-0.39, 0.29) is 24.0 Å². The number of urea groups is 1. The minimum absolute atomic E-state index is 0.162. The van der Waals surface area contributed by atoms with Gasteiger partial charge in [-0.1, -0.05) is 19.0 Å². The zero-order valence-corrected chi connectivity index (χ0v) is 14.0. The molecule has 23 heavy (non-hydrogen) atoms. The largest absolute Gasteiger partial charge is 0.378 e. The topological polar surface area (TPSA) is 89.3 Å². The maximum atomic E-state index is 12.3. The Labute approximate surface area is 136 Å². The first kappa shape index (κ1) is 16.2. The average Bonchev–Trinajstić information content (AvgIpc) is 3.27. The maximum Gasteiger partial charge on any atom is 0.315 e. The Balaban J connectivity index is 1.54. The summed E-state index contributed by atoms with van der Waals surface area (Å²) in [6.07, 6.45) is 4.60. The van der Waals surface area contributed by atoms with Gasteiger partial charge in [-0.05, 0) is 44.4 Å². The standard InChI is InChI=1S/C16H26N4O3/c1-9(2)14(15-17-10(3)20-23-15)19-16(21)18-12-6-7-22-13(8-12)11-4-5-11/h9,11-14H,4-8H2,1-3H3,(H2,18,19,21)/t12-,13-,14+/m0/s1. The van der Waals surface area contributed by atoms with E-state index in [2.05, 4.69) is 20.8 Å². The summed E-state index contributed by atoms with van der Waals surface area (Å²) < 4.78 is 11.0. The van der Waals surface area contributed by atoms with Gasteiger partial charge in [-0.2, -0.15) is 4.98 Å². The fraction of sp³-hybridized carbons (Fsp3) is 0.812. The molecule has 2 N–H and O–H groups in total. The van der Waals surface area contributed by atoms with E-state index in [1.165, 1.54) is 12.8 Å². The predicted octanol–water partition coefficient (Wildman–Crippen LogP) is 2.33. The summed E-state index contributed by atoms with van der Waals surface area (Å²) in [6.45, 7) is 6.52. The van der Waals surface area contributed by atoms with Crippen molar-refractivity contribution in [1.29, 1.82) is 0 Å². The lowest BCUT2D eigenvalue weighted by Crippen LogP contribution is -2.48. The van der Waals surface area contributed by atoms with Crippen molar-refractivity contribution in [3.05, 3.63) is 11.7 Å². The fourth-order valence-electron chi connectivity index (χ4n) is 3.08. The summed E-state index contributed by atoms with van der Waals surface area (Å²) in [5, 5.41) is 9.84. The number of aryl methyl sites for hydroxylation is 1. The van der Waals surface area contributed by atoms with E-state index in [9.17, 15) is 4.79 Å². The molecule has 2 aliphatic rings. The van der Waals surface area contributed by atoms with Crippen LogP contribution >= 0.6 is 0 Å². The highest BCUT2D eigenvalue weighted by Gasteiger charge is 2.36. The van der Waals surface area contributed by atoms with Crippen LogP contribution in [0.5, 0.6) is 0 Å². The molecule has 2 fully saturated rings. The Morgan fingerprint density at radius 2 is 2.09 bits per heavy atom. The Kier molecular flexibility index (Phi) is 4.84. The maximum absolute atomic E-state index is 12.3. The summed E-state index contributed by atoms with van der Waals surface area (Å²) in [6, 6.07) is -0.289. The molecular formula is C16H26N4O3. The predicted molar refractivity (Wildman–Crippen MR) is 83.8 cm³/mol. The molecule has 7 heteroatoms. The van der Waals surface area contributed by atoms with E-state index in [4.69, 9.17) is 9.26 Å². The Morgan fingerprint density at radius 3 is 2.70 bits per heavy atom. The van der Waals surface area contributed by atoms with Crippen LogP contribution in [0, 0.1) is 18.8 Å². The Morgan fingerprint density at radius 1 is 1.30 bits per heavy atom. The van der Waals surface area contributed by atoms with E-state index < -0.39 is 0 Å². The first-order valence-corrected chi connectivity index (χ1v) is 8.51. The molecule has 1 saturated heterocycles. The second-order valence-electron chi connectivity index (χ2n) is 6.99. The van der Waals surface area contributed by atoms with Crippen molar-refractivity contribution in [2.75, 3.05) is 6.61 Å². The van der Waals surface area contributed by atoms with Gasteiger partial charge in [-0.25, -0.2) is 4.79 Å². The third-order valence-electron chi connectivity index (χ3n) is 4.56. The van der Waals surface area contributed by atoms with Crippen LogP contribution in [-0.4, -0.2) is 34.9 Å². The molecule has 1 aromatic rings. The molecule has 1 aliphatic carbocycles. The van der Waals surface area contributed by atoms with Crippen LogP contribution in [0.3, 0.4) is 0 Å². The van der Waals surface area contributed by atoms with E-state index >= 15 is 0 Å². The number of carbonyl (C=O) groups excluding carboxylic acids is 1. The number of ether oxygens (including phenoxy) is 1. The molecular weight excluding hydrogens is 296 g/mol. The van der Waals surface area contributed by atoms with Crippen molar-refractivity contribution < 1.29 is 14.1 Å². The Hall–Kier alpha value is -1.63. The van der Waals surface area contributed by atoms with Crippen molar-refractivity contribution in [2.45, 2.75) is 64.6 Å². The first-order chi connectivity index (χ1) is 11.0. The van der Waals surface area contributed by atoms with Gasteiger partial charge in [0.1, 0.15) is 6.04 Å².